The first-order valence-corrected chi connectivity index (χ1v) is 11.0. The van der Waals surface area contributed by atoms with E-state index in [4.69, 9.17) is 16.3 Å². The average molecular weight is 467 g/mol. The monoisotopic (exact) mass is 466 g/mol. The molecule has 2 heterocycles. The van der Waals surface area contributed by atoms with Crippen LogP contribution in [0, 0.1) is 5.82 Å². The van der Waals surface area contributed by atoms with E-state index in [1.807, 2.05) is 0 Å². The molecule has 0 bridgehead atoms. The number of fused-ring (bicyclic) bond motifs is 1. The second-order valence-corrected chi connectivity index (χ2v) is 8.85. The molecule has 0 aliphatic carbocycles. The highest BCUT2D eigenvalue weighted by molar-refractivity contribution is 7.99. The number of nitrogens with zero attached hydrogens (tertiary/aromatic N) is 4. The zero-order valence-electron chi connectivity index (χ0n) is 17.5. The molecule has 0 spiro atoms. The molecule has 0 saturated carbocycles. The van der Waals surface area contributed by atoms with Crippen LogP contribution in [0.3, 0.4) is 0 Å². The van der Waals surface area contributed by atoms with Crippen LogP contribution in [0.4, 0.5) is 10.2 Å². The van der Waals surface area contributed by atoms with Crippen LogP contribution in [0.1, 0.15) is 24.2 Å². The molecule has 2 aromatic heterocycles. The van der Waals surface area contributed by atoms with Crippen molar-refractivity contribution in [1.82, 2.24) is 25.1 Å². The molecule has 0 fully saturated rings. The fourth-order valence-corrected chi connectivity index (χ4v) is 3.80. The Morgan fingerprint density at radius 1 is 1.32 bits per heavy atom. The molecule has 166 valence electrons. The largest absolute Gasteiger partial charge is 0.383 e. The van der Waals surface area contributed by atoms with Gasteiger partial charge < -0.3 is 15.4 Å². The summed E-state index contributed by atoms with van der Waals surface area (Å²) < 4.78 is 20.7. The summed E-state index contributed by atoms with van der Waals surface area (Å²) in [5.74, 6) is -0.560. The summed E-state index contributed by atoms with van der Waals surface area (Å²) in [5.41, 5.74) is 0.480. The predicted molar refractivity (Wildman–Crippen MR) is 120 cm³/mol. The number of anilines is 1. The molecule has 2 N–H and O–H groups in total. The zero-order valence-corrected chi connectivity index (χ0v) is 19.1. The molecular formula is C20H24ClFN6O2S. The summed E-state index contributed by atoms with van der Waals surface area (Å²) in [7, 11) is 1.64. The quantitative estimate of drug-likeness (QED) is 0.268. The summed E-state index contributed by atoms with van der Waals surface area (Å²) in [6, 6.07) is 4.13. The van der Waals surface area contributed by atoms with Gasteiger partial charge in [0.25, 0.3) is 5.91 Å². The molecule has 0 aliphatic heterocycles. The van der Waals surface area contributed by atoms with Crippen molar-refractivity contribution in [3.8, 4) is 0 Å². The zero-order chi connectivity index (χ0) is 22.4. The summed E-state index contributed by atoms with van der Waals surface area (Å²) >= 11 is 7.50. The first kappa shape index (κ1) is 23.2. The number of benzene rings is 1. The van der Waals surface area contributed by atoms with Crippen LogP contribution in [-0.4, -0.2) is 57.7 Å². The van der Waals surface area contributed by atoms with Crippen LogP contribution in [-0.2, 0) is 11.3 Å². The van der Waals surface area contributed by atoms with Gasteiger partial charge in [0.1, 0.15) is 11.6 Å². The highest BCUT2D eigenvalue weighted by atomic mass is 35.5. The van der Waals surface area contributed by atoms with Crippen LogP contribution < -0.4 is 10.6 Å². The van der Waals surface area contributed by atoms with E-state index in [1.54, 1.807) is 29.8 Å². The maximum absolute atomic E-state index is 13.9. The standard InChI is InChI=1S/C20H24ClFN6O2S/c1-12(2)31-20-26-17(23-8-10-30-3)13-11-25-28(18(13)27-20)9-7-24-19(29)16-14(21)5-4-6-15(16)22/h4-6,11-12H,7-10H2,1-3H3,(H,24,29)(H,23,26,27). The van der Waals surface area contributed by atoms with E-state index >= 15 is 0 Å². The van der Waals surface area contributed by atoms with E-state index < -0.39 is 11.7 Å². The van der Waals surface area contributed by atoms with Gasteiger partial charge in [-0.05, 0) is 12.1 Å². The lowest BCUT2D eigenvalue weighted by atomic mass is 10.2. The summed E-state index contributed by atoms with van der Waals surface area (Å²) in [4.78, 5) is 21.6. The number of nitrogens with one attached hydrogen (secondary N) is 2. The van der Waals surface area contributed by atoms with Crippen LogP contribution in [0.25, 0.3) is 11.0 Å². The molecule has 1 aromatic carbocycles. The Morgan fingerprint density at radius 3 is 2.84 bits per heavy atom. The van der Waals surface area contributed by atoms with Crippen molar-refractivity contribution in [2.75, 3.05) is 32.1 Å². The highest BCUT2D eigenvalue weighted by Crippen LogP contribution is 2.26. The van der Waals surface area contributed by atoms with Gasteiger partial charge in [-0.1, -0.05) is 43.3 Å². The van der Waals surface area contributed by atoms with E-state index in [0.29, 0.717) is 41.6 Å². The molecule has 1 amide bonds. The first-order chi connectivity index (χ1) is 14.9. The van der Waals surface area contributed by atoms with Gasteiger partial charge in [0.2, 0.25) is 0 Å². The Labute approximate surface area is 188 Å². The number of hydrogen-bond donors (Lipinski definition) is 2. The minimum absolute atomic E-state index is 0.0666. The van der Waals surface area contributed by atoms with Crippen LogP contribution >= 0.6 is 23.4 Å². The average Bonchev–Trinajstić information content (AvgIpc) is 3.10. The van der Waals surface area contributed by atoms with Gasteiger partial charge in [-0.3, -0.25) is 4.79 Å². The van der Waals surface area contributed by atoms with Crippen molar-refractivity contribution in [2.45, 2.75) is 30.8 Å². The van der Waals surface area contributed by atoms with Gasteiger partial charge in [-0.15, -0.1) is 0 Å². The molecule has 0 unspecified atom stereocenters. The van der Waals surface area contributed by atoms with E-state index in [-0.39, 0.29) is 17.1 Å². The fraction of sp³-hybridized carbons (Fsp3) is 0.400. The molecule has 31 heavy (non-hydrogen) atoms. The minimum atomic E-state index is -0.663. The number of rotatable bonds is 10. The molecule has 3 aromatic rings. The third-order valence-corrected chi connectivity index (χ3v) is 5.39. The molecular weight excluding hydrogens is 443 g/mol. The minimum Gasteiger partial charge on any atom is -0.383 e. The molecule has 8 nitrogen and oxygen atoms in total. The SMILES string of the molecule is COCCNc1nc(SC(C)C)nc2c1cnn2CCNC(=O)c1c(F)cccc1Cl. The number of thioether (sulfide) groups is 1. The van der Waals surface area contributed by atoms with Crippen molar-refractivity contribution in [3.63, 3.8) is 0 Å². The topological polar surface area (TPSA) is 94.0 Å². The molecule has 0 atom stereocenters. The van der Waals surface area contributed by atoms with Gasteiger partial charge in [0, 0.05) is 25.4 Å². The van der Waals surface area contributed by atoms with E-state index in [9.17, 15) is 9.18 Å². The third-order valence-electron chi connectivity index (χ3n) is 4.21. The number of carbonyl (C=O) groups excluding carboxylic acids is 1. The van der Waals surface area contributed by atoms with Gasteiger partial charge in [-0.2, -0.15) is 5.10 Å². The normalized spacial score (nSPS) is 11.3. The number of hydrogen-bond acceptors (Lipinski definition) is 7. The summed E-state index contributed by atoms with van der Waals surface area (Å²) in [5, 5.41) is 12.1. The maximum atomic E-state index is 13.9. The Kier molecular flexibility index (Phi) is 8.05. The lowest BCUT2D eigenvalue weighted by Gasteiger charge is -2.11. The number of carbonyl (C=O) groups is 1. The fourth-order valence-electron chi connectivity index (χ4n) is 2.85. The Bertz CT molecular complexity index is 1040. The number of aromatic nitrogens is 4. The van der Waals surface area contributed by atoms with Gasteiger partial charge in [0.05, 0.1) is 35.3 Å². The smallest absolute Gasteiger partial charge is 0.255 e. The van der Waals surface area contributed by atoms with Crippen LogP contribution in [0.15, 0.2) is 29.6 Å². The van der Waals surface area contributed by atoms with Crippen molar-refractivity contribution in [1.29, 1.82) is 0 Å². The second kappa shape index (κ2) is 10.7. The Hall–Kier alpha value is -2.43. The van der Waals surface area contributed by atoms with Crippen LogP contribution in [0.5, 0.6) is 0 Å². The Balaban J connectivity index is 1.77. The van der Waals surface area contributed by atoms with Crippen LogP contribution in [0.2, 0.25) is 5.02 Å². The van der Waals surface area contributed by atoms with Crippen molar-refractivity contribution in [3.05, 3.63) is 40.8 Å². The number of halogens is 2. The summed E-state index contributed by atoms with van der Waals surface area (Å²) in [6.07, 6.45) is 1.68. The predicted octanol–water partition coefficient (Wildman–Crippen LogP) is 3.61. The second-order valence-electron chi connectivity index (χ2n) is 6.90. The molecule has 0 saturated heterocycles. The molecule has 0 aliphatic rings. The number of amides is 1. The molecule has 3 rings (SSSR count). The van der Waals surface area contributed by atoms with Gasteiger partial charge >= 0.3 is 0 Å². The number of ether oxygens (including phenoxy) is 1. The van der Waals surface area contributed by atoms with Crippen molar-refractivity contribution >= 4 is 46.1 Å². The van der Waals surface area contributed by atoms with E-state index in [1.165, 1.54) is 18.2 Å². The van der Waals surface area contributed by atoms with E-state index in [0.717, 1.165) is 5.39 Å². The lowest BCUT2D eigenvalue weighted by Crippen LogP contribution is -2.28. The van der Waals surface area contributed by atoms with Crippen molar-refractivity contribution in [2.24, 2.45) is 0 Å². The maximum Gasteiger partial charge on any atom is 0.255 e. The first-order valence-electron chi connectivity index (χ1n) is 9.76. The third kappa shape index (κ3) is 5.84. The van der Waals surface area contributed by atoms with Gasteiger partial charge in [-0.25, -0.2) is 19.0 Å². The molecule has 11 heteroatoms. The Morgan fingerprint density at radius 2 is 2.13 bits per heavy atom. The lowest BCUT2D eigenvalue weighted by molar-refractivity contribution is 0.0948. The van der Waals surface area contributed by atoms with E-state index in [2.05, 4.69) is 39.5 Å². The van der Waals surface area contributed by atoms with Gasteiger partial charge in [0.15, 0.2) is 10.8 Å². The molecule has 0 radical (unpaired) electrons. The number of methoxy groups -OCH3 is 1. The van der Waals surface area contributed by atoms with Crippen molar-refractivity contribution < 1.29 is 13.9 Å². The highest BCUT2D eigenvalue weighted by Gasteiger charge is 2.17. The summed E-state index contributed by atoms with van der Waals surface area (Å²) in [6.45, 7) is 5.84.